The van der Waals surface area contributed by atoms with E-state index < -0.39 is 0 Å². The number of nitrogens with zero attached hydrogens (tertiary/aromatic N) is 1. The second-order valence-corrected chi connectivity index (χ2v) is 5.19. The van der Waals surface area contributed by atoms with Crippen LogP contribution in [0.25, 0.3) is 0 Å². The molecule has 0 aromatic carbocycles. The molecule has 0 bridgehead atoms. The first-order chi connectivity index (χ1) is 6.84. The van der Waals surface area contributed by atoms with Gasteiger partial charge >= 0.3 is 0 Å². The molecule has 1 aliphatic carbocycles. The van der Waals surface area contributed by atoms with Crippen molar-refractivity contribution in [2.45, 2.75) is 32.6 Å². The highest BCUT2D eigenvalue weighted by atomic mass is 15.2. The van der Waals surface area contributed by atoms with E-state index in [1.165, 1.54) is 58.4 Å². The molecule has 2 aliphatic rings. The first kappa shape index (κ1) is 10.4. The van der Waals surface area contributed by atoms with Crippen LogP contribution in [0.2, 0.25) is 0 Å². The van der Waals surface area contributed by atoms with E-state index in [1.54, 1.807) is 0 Å². The van der Waals surface area contributed by atoms with E-state index in [0.29, 0.717) is 0 Å². The van der Waals surface area contributed by atoms with E-state index >= 15 is 0 Å². The molecule has 2 rings (SSSR count). The topological polar surface area (TPSA) is 15.3 Å². The van der Waals surface area contributed by atoms with Gasteiger partial charge in [-0.3, -0.25) is 0 Å². The molecule has 2 unspecified atom stereocenters. The molecule has 1 heterocycles. The highest BCUT2D eigenvalue weighted by Crippen LogP contribution is 2.30. The van der Waals surface area contributed by atoms with Crippen LogP contribution in [-0.2, 0) is 0 Å². The van der Waals surface area contributed by atoms with E-state index in [4.69, 9.17) is 0 Å². The molecule has 0 aromatic heterocycles. The first-order valence-electron chi connectivity index (χ1n) is 6.27. The monoisotopic (exact) mass is 196 g/mol. The fourth-order valence-corrected chi connectivity index (χ4v) is 2.94. The maximum absolute atomic E-state index is 3.47. The van der Waals surface area contributed by atoms with Crippen LogP contribution < -0.4 is 5.32 Å². The number of hydrogen-bond donors (Lipinski definition) is 1. The number of nitrogens with one attached hydrogen (secondary N) is 1. The average molecular weight is 196 g/mol. The summed E-state index contributed by atoms with van der Waals surface area (Å²) in [6.07, 6.45) is 5.76. The minimum absolute atomic E-state index is 0.991. The van der Waals surface area contributed by atoms with Crippen LogP contribution in [0, 0.1) is 11.8 Å². The molecule has 2 nitrogen and oxygen atoms in total. The van der Waals surface area contributed by atoms with Crippen molar-refractivity contribution < 1.29 is 0 Å². The van der Waals surface area contributed by atoms with Crippen LogP contribution in [0.1, 0.15) is 32.6 Å². The van der Waals surface area contributed by atoms with Gasteiger partial charge in [0.2, 0.25) is 0 Å². The molecular weight excluding hydrogens is 172 g/mol. The minimum atomic E-state index is 0.991. The fraction of sp³-hybridized carbons (Fsp3) is 1.00. The predicted octanol–water partition coefficient (Wildman–Crippen LogP) is 1.72. The lowest BCUT2D eigenvalue weighted by molar-refractivity contribution is 0.243. The van der Waals surface area contributed by atoms with E-state index in [-0.39, 0.29) is 0 Å². The summed E-state index contributed by atoms with van der Waals surface area (Å²) < 4.78 is 0. The van der Waals surface area contributed by atoms with Crippen molar-refractivity contribution in [2.75, 3.05) is 32.7 Å². The second kappa shape index (κ2) is 5.13. The van der Waals surface area contributed by atoms with Gasteiger partial charge in [0.05, 0.1) is 0 Å². The first-order valence-corrected chi connectivity index (χ1v) is 6.27. The Balaban J connectivity index is 1.72. The van der Waals surface area contributed by atoms with Crippen molar-refractivity contribution in [1.82, 2.24) is 10.2 Å². The lowest BCUT2D eigenvalue weighted by atomic mass is 10.1. The van der Waals surface area contributed by atoms with Crippen LogP contribution >= 0.6 is 0 Å². The highest BCUT2D eigenvalue weighted by molar-refractivity contribution is 4.77. The molecule has 1 N–H and O–H groups in total. The lowest BCUT2D eigenvalue weighted by Gasteiger charge is -2.23. The van der Waals surface area contributed by atoms with Crippen molar-refractivity contribution >= 4 is 0 Å². The molecule has 0 aromatic rings. The van der Waals surface area contributed by atoms with Crippen LogP contribution in [-0.4, -0.2) is 37.6 Å². The Morgan fingerprint density at radius 1 is 1.21 bits per heavy atom. The third-order valence-corrected chi connectivity index (χ3v) is 3.75. The van der Waals surface area contributed by atoms with Crippen LogP contribution in [0.15, 0.2) is 0 Å². The molecule has 2 atom stereocenters. The Bertz CT molecular complexity index is 162. The second-order valence-electron chi connectivity index (χ2n) is 5.19. The van der Waals surface area contributed by atoms with Gasteiger partial charge in [-0.25, -0.2) is 0 Å². The SMILES string of the molecule is CC1CCC(CN2CCCNCC2)C1. The van der Waals surface area contributed by atoms with Crippen LogP contribution in [0.4, 0.5) is 0 Å². The number of rotatable bonds is 2. The molecule has 1 saturated heterocycles. The van der Waals surface area contributed by atoms with Gasteiger partial charge in [0, 0.05) is 19.6 Å². The predicted molar refractivity (Wildman–Crippen MR) is 60.4 cm³/mol. The summed E-state index contributed by atoms with van der Waals surface area (Å²) in [5.74, 6) is 1.99. The largest absolute Gasteiger partial charge is 0.315 e. The summed E-state index contributed by atoms with van der Waals surface area (Å²) in [6, 6.07) is 0. The Morgan fingerprint density at radius 2 is 2.14 bits per heavy atom. The zero-order chi connectivity index (χ0) is 9.80. The van der Waals surface area contributed by atoms with Crippen LogP contribution in [0.5, 0.6) is 0 Å². The third-order valence-electron chi connectivity index (χ3n) is 3.75. The zero-order valence-electron chi connectivity index (χ0n) is 9.47. The summed E-state index contributed by atoms with van der Waals surface area (Å²) in [5, 5.41) is 3.47. The fourth-order valence-electron chi connectivity index (χ4n) is 2.94. The molecule has 0 spiro atoms. The van der Waals surface area contributed by atoms with Gasteiger partial charge in [-0.15, -0.1) is 0 Å². The average Bonchev–Trinajstić information content (AvgIpc) is 2.43. The molecule has 0 radical (unpaired) electrons. The standard InChI is InChI=1S/C12H24N2/c1-11-3-4-12(9-11)10-14-7-2-5-13-6-8-14/h11-13H,2-10H2,1H3. The van der Waals surface area contributed by atoms with E-state index in [1.807, 2.05) is 0 Å². The Morgan fingerprint density at radius 3 is 2.93 bits per heavy atom. The summed E-state index contributed by atoms with van der Waals surface area (Å²) in [6.45, 7) is 8.78. The third kappa shape index (κ3) is 2.96. The molecule has 14 heavy (non-hydrogen) atoms. The Hall–Kier alpha value is -0.0800. The summed E-state index contributed by atoms with van der Waals surface area (Å²) in [4.78, 5) is 2.67. The lowest BCUT2D eigenvalue weighted by Crippen LogP contribution is -2.32. The molecule has 1 aliphatic heterocycles. The molecule has 1 saturated carbocycles. The number of hydrogen-bond acceptors (Lipinski definition) is 2. The maximum Gasteiger partial charge on any atom is 0.0107 e. The van der Waals surface area contributed by atoms with Crippen molar-refractivity contribution in [1.29, 1.82) is 0 Å². The molecule has 0 amide bonds. The normalized spacial score (nSPS) is 35.8. The summed E-state index contributed by atoms with van der Waals surface area (Å²) >= 11 is 0. The van der Waals surface area contributed by atoms with Crippen molar-refractivity contribution in [3.63, 3.8) is 0 Å². The Kier molecular flexibility index (Phi) is 3.82. The van der Waals surface area contributed by atoms with Gasteiger partial charge in [-0.2, -0.15) is 0 Å². The van der Waals surface area contributed by atoms with Crippen LogP contribution in [0.3, 0.4) is 0 Å². The summed E-state index contributed by atoms with van der Waals surface area (Å²) in [7, 11) is 0. The van der Waals surface area contributed by atoms with Gasteiger partial charge < -0.3 is 10.2 Å². The minimum Gasteiger partial charge on any atom is -0.315 e. The smallest absolute Gasteiger partial charge is 0.0107 e. The quantitative estimate of drug-likeness (QED) is 0.723. The zero-order valence-corrected chi connectivity index (χ0v) is 9.47. The van der Waals surface area contributed by atoms with Gasteiger partial charge in [-0.05, 0) is 44.2 Å². The van der Waals surface area contributed by atoms with Gasteiger partial charge in [0.15, 0.2) is 0 Å². The van der Waals surface area contributed by atoms with Crippen molar-refractivity contribution in [3.8, 4) is 0 Å². The Labute approximate surface area is 88.1 Å². The van der Waals surface area contributed by atoms with Gasteiger partial charge in [0.25, 0.3) is 0 Å². The summed E-state index contributed by atoms with van der Waals surface area (Å²) in [5.41, 5.74) is 0. The maximum atomic E-state index is 3.47. The van der Waals surface area contributed by atoms with Crippen molar-refractivity contribution in [3.05, 3.63) is 0 Å². The van der Waals surface area contributed by atoms with E-state index in [2.05, 4.69) is 17.1 Å². The van der Waals surface area contributed by atoms with E-state index in [0.717, 1.165) is 11.8 Å². The van der Waals surface area contributed by atoms with Crippen molar-refractivity contribution in [2.24, 2.45) is 11.8 Å². The molecule has 2 heteroatoms. The highest BCUT2D eigenvalue weighted by Gasteiger charge is 2.23. The molecular formula is C12H24N2. The van der Waals surface area contributed by atoms with Gasteiger partial charge in [0.1, 0.15) is 0 Å². The molecule has 82 valence electrons. The van der Waals surface area contributed by atoms with E-state index in [9.17, 15) is 0 Å². The van der Waals surface area contributed by atoms with Gasteiger partial charge in [-0.1, -0.05) is 13.3 Å². The molecule has 2 fully saturated rings.